The second kappa shape index (κ2) is 3.34. The van der Waals surface area contributed by atoms with Crippen molar-refractivity contribution in [1.29, 1.82) is 0 Å². The van der Waals surface area contributed by atoms with Crippen molar-refractivity contribution in [1.82, 2.24) is 9.97 Å². The van der Waals surface area contributed by atoms with E-state index in [2.05, 4.69) is 22.2 Å². The molecule has 0 bridgehead atoms. The maximum absolute atomic E-state index is 5.33. The van der Waals surface area contributed by atoms with Gasteiger partial charge in [-0.15, -0.1) is 0 Å². The van der Waals surface area contributed by atoms with Crippen LogP contribution >= 0.6 is 12.2 Å². The number of nitrogens with two attached hydrogens (primary N) is 1. The van der Waals surface area contributed by atoms with Gasteiger partial charge in [0, 0.05) is 29.9 Å². The summed E-state index contributed by atoms with van der Waals surface area (Å²) < 4.78 is 0. The van der Waals surface area contributed by atoms with Gasteiger partial charge in [-0.1, -0.05) is 12.2 Å². The molecular weight excluding hydrogens is 146 g/mol. The highest BCUT2D eigenvalue weighted by Gasteiger charge is 1.90. The second-order valence-electron chi connectivity index (χ2n) is 1.77. The first-order chi connectivity index (χ1) is 4.86. The van der Waals surface area contributed by atoms with Gasteiger partial charge in [0.05, 0.1) is 0 Å². The minimum atomic E-state index is 0.470. The highest BCUT2D eigenvalue weighted by Crippen LogP contribution is 1.91. The van der Waals surface area contributed by atoms with Crippen molar-refractivity contribution in [3.63, 3.8) is 0 Å². The van der Waals surface area contributed by atoms with E-state index in [4.69, 9.17) is 5.73 Å². The summed E-state index contributed by atoms with van der Waals surface area (Å²) in [4.78, 5) is 7.83. The molecule has 2 N–H and O–H groups in total. The summed E-state index contributed by atoms with van der Waals surface area (Å²) in [6.45, 7) is 0.470. The Morgan fingerprint density at radius 2 is 2.10 bits per heavy atom. The largest absolute Gasteiger partial charge is 0.326 e. The van der Waals surface area contributed by atoms with Gasteiger partial charge in [0.25, 0.3) is 0 Å². The molecule has 1 aromatic rings. The van der Waals surface area contributed by atoms with Crippen molar-refractivity contribution >= 4 is 17.6 Å². The van der Waals surface area contributed by atoms with Gasteiger partial charge in [0.1, 0.15) is 0 Å². The molecule has 0 fully saturated rings. The van der Waals surface area contributed by atoms with Gasteiger partial charge in [0.15, 0.2) is 5.82 Å². The molecule has 0 unspecified atom stereocenters. The van der Waals surface area contributed by atoms with E-state index in [9.17, 15) is 0 Å². The van der Waals surface area contributed by atoms with Crippen molar-refractivity contribution in [2.24, 2.45) is 5.73 Å². The van der Waals surface area contributed by atoms with Crippen molar-refractivity contribution in [3.05, 3.63) is 23.8 Å². The summed E-state index contributed by atoms with van der Waals surface area (Å²) in [6, 6.07) is 0. The summed E-state index contributed by atoms with van der Waals surface area (Å²) in [5, 5.41) is 1.43. The molecular formula is C6H7N3S. The standard InChI is InChI=1S/C6H7N3S/c7-1-5-2-8-6(4-10)9-3-5/h2-4H,1,7H2. The zero-order valence-corrected chi connectivity index (χ0v) is 6.14. The predicted octanol–water partition coefficient (Wildman–Crippen LogP) is 0.283. The molecule has 1 aromatic heterocycles. The van der Waals surface area contributed by atoms with Gasteiger partial charge < -0.3 is 5.73 Å². The first-order valence-electron chi connectivity index (χ1n) is 2.83. The monoisotopic (exact) mass is 153 g/mol. The topological polar surface area (TPSA) is 51.8 Å². The van der Waals surface area contributed by atoms with Crippen LogP contribution in [0.3, 0.4) is 0 Å². The molecule has 0 saturated carbocycles. The third-order valence-corrected chi connectivity index (χ3v) is 1.28. The van der Waals surface area contributed by atoms with E-state index in [-0.39, 0.29) is 0 Å². The third kappa shape index (κ3) is 1.55. The van der Waals surface area contributed by atoms with E-state index in [0.717, 1.165) is 5.56 Å². The molecule has 0 radical (unpaired) electrons. The van der Waals surface area contributed by atoms with Gasteiger partial charge in [0.2, 0.25) is 0 Å². The number of hydrogen-bond acceptors (Lipinski definition) is 4. The quantitative estimate of drug-likeness (QED) is 0.620. The summed E-state index contributed by atoms with van der Waals surface area (Å²) in [6.07, 6.45) is 3.34. The predicted molar refractivity (Wildman–Crippen MR) is 42.7 cm³/mol. The van der Waals surface area contributed by atoms with Crippen molar-refractivity contribution in [3.8, 4) is 0 Å². The molecule has 1 heterocycles. The average molecular weight is 153 g/mol. The Morgan fingerprint density at radius 1 is 1.50 bits per heavy atom. The third-order valence-electron chi connectivity index (χ3n) is 1.07. The zero-order valence-electron chi connectivity index (χ0n) is 5.32. The number of hydrogen-bond donors (Lipinski definition) is 1. The molecule has 0 aliphatic heterocycles. The first-order valence-corrected chi connectivity index (χ1v) is 3.30. The Balaban J connectivity index is 2.90. The van der Waals surface area contributed by atoms with E-state index in [1.807, 2.05) is 0 Å². The lowest BCUT2D eigenvalue weighted by atomic mass is 10.3. The Morgan fingerprint density at radius 3 is 2.50 bits per heavy atom. The molecule has 3 nitrogen and oxygen atoms in total. The number of thiocarbonyl (C=S) groups is 1. The van der Waals surface area contributed by atoms with E-state index in [1.54, 1.807) is 12.4 Å². The lowest BCUT2D eigenvalue weighted by molar-refractivity contribution is 1.00. The lowest BCUT2D eigenvalue weighted by Crippen LogP contribution is -1.99. The molecule has 4 heteroatoms. The summed E-state index contributed by atoms with van der Waals surface area (Å²) in [7, 11) is 0. The van der Waals surface area contributed by atoms with Crippen LogP contribution in [0.5, 0.6) is 0 Å². The van der Waals surface area contributed by atoms with Crippen molar-refractivity contribution in [2.75, 3.05) is 0 Å². The van der Waals surface area contributed by atoms with Crippen molar-refractivity contribution in [2.45, 2.75) is 6.54 Å². The van der Waals surface area contributed by atoms with Gasteiger partial charge in [-0.2, -0.15) is 0 Å². The summed E-state index contributed by atoms with van der Waals surface area (Å²) >= 11 is 4.62. The number of aromatic nitrogens is 2. The minimum Gasteiger partial charge on any atom is -0.326 e. The van der Waals surface area contributed by atoms with Crippen LogP contribution in [-0.2, 0) is 6.54 Å². The highest BCUT2D eigenvalue weighted by molar-refractivity contribution is 7.79. The lowest BCUT2D eigenvalue weighted by Gasteiger charge is -1.93. The fourth-order valence-corrected chi connectivity index (χ4v) is 0.653. The van der Waals surface area contributed by atoms with Crippen LogP contribution in [0.2, 0.25) is 0 Å². The van der Waals surface area contributed by atoms with Crippen LogP contribution in [0.25, 0.3) is 0 Å². The Hall–Kier alpha value is -0.870. The van der Waals surface area contributed by atoms with Gasteiger partial charge in [-0.3, -0.25) is 0 Å². The maximum Gasteiger partial charge on any atom is 0.162 e. The molecule has 0 aromatic carbocycles. The molecule has 0 saturated heterocycles. The van der Waals surface area contributed by atoms with Gasteiger partial charge in [-0.25, -0.2) is 9.97 Å². The fourth-order valence-electron chi connectivity index (χ4n) is 0.531. The van der Waals surface area contributed by atoms with Crippen LogP contribution in [0.1, 0.15) is 11.4 Å². The molecule has 0 aliphatic carbocycles. The molecule has 0 aliphatic rings. The van der Waals surface area contributed by atoms with Crippen LogP contribution in [0.15, 0.2) is 12.4 Å². The molecule has 0 amide bonds. The molecule has 0 atom stereocenters. The SMILES string of the molecule is NCc1cnc(C=S)nc1. The van der Waals surface area contributed by atoms with E-state index < -0.39 is 0 Å². The molecule has 1 rings (SSSR count). The van der Waals surface area contributed by atoms with Crippen LogP contribution in [0, 0.1) is 0 Å². The number of nitrogens with zero attached hydrogens (tertiary/aromatic N) is 2. The first kappa shape index (κ1) is 7.24. The highest BCUT2D eigenvalue weighted by atomic mass is 32.1. The normalized spacial score (nSPS) is 9.30. The van der Waals surface area contributed by atoms with E-state index in [1.165, 1.54) is 5.37 Å². The Kier molecular flexibility index (Phi) is 2.42. The van der Waals surface area contributed by atoms with E-state index in [0.29, 0.717) is 12.4 Å². The summed E-state index contributed by atoms with van der Waals surface area (Å²) in [5.41, 5.74) is 6.24. The van der Waals surface area contributed by atoms with E-state index >= 15 is 0 Å². The maximum atomic E-state index is 5.33. The Labute approximate surface area is 64.3 Å². The summed E-state index contributed by atoms with van der Waals surface area (Å²) in [5.74, 6) is 0.562. The second-order valence-corrected chi connectivity index (χ2v) is 2.01. The van der Waals surface area contributed by atoms with Gasteiger partial charge >= 0.3 is 0 Å². The number of rotatable bonds is 2. The van der Waals surface area contributed by atoms with Gasteiger partial charge in [-0.05, 0) is 0 Å². The van der Waals surface area contributed by atoms with Crippen molar-refractivity contribution < 1.29 is 0 Å². The Bertz CT molecular complexity index is 219. The molecule has 10 heavy (non-hydrogen) atoms. The minimum absolute atomic E-state index is 0.470. The smallest absolute Gasteiger partial charge is 0.162 e. The molecule has 52 valence electrons. The fraction of sp³-hybridized carbons (Fsp3) is 0.167. The van der Waals surface area contributed by atoms with Crippen LogP contribution in [0.4, 0.5) is 0 Å². The average Bonchev–Trinajstić information content (AvgIpc) is 2.05. The van der Waals surface area contributed by atoms with Crippen LogP contribution < -0.4 is 5.73 Å². The zero-order chi connectivity index (χ0) is 7.40. The van der Waals surface area contributed by atoms with Crippen LogP contribution in [-0.4, -0.2) is 15.3 Å². The molecule has 0 spiro atoms.